The van der Waals surface area contributed by atoms with Crippen LogP contribution in [0, 0.1) is 0 Å². The van der Waals surface area contributed by atoms with E-state index in [1.807, 2.05) is 0 Å². The summed E-state index contributed by atoms with van der Waals surface area (Å²) in [5.41, 5.74) is 0. The van der Waals surface area contributed by atoms with Crippen molar-refractivity contribution in [3.8, 4) is 0 Å². The first kappa shape index (κ1) is 22.4. The van der Waals surface area contributed by atoms with Crippen LogP contribution < -0.4 is 5.32 Å². The largest absolute Gasteiger partial charge is 0.481 e. The molecule has 4 nitrogen and oxygen atoms in total. The number of aliphatic carboxylic acids is 1. The zero-order chi connectivity index (χ0) is 17.2. The molecular weight excluding hydrogens is 288 g/mol. The molecule has 0 radical (unpaired) electrons. The lowest BCUT2D eigenvalue weighted by Crippen LogP contribution is -2.43. The van der Waals surface area contributed by atoms with Crippen molar-refractivity contribution < 1.29 is 9.90 Å². The van der Waals surface area contributed by atoms with Gasteiger partial charge in [0.1, 0.15) is 0 Å². The zero-order valence-electron chi connectivity index (χ0n) is 15.6. The van der Waals surface area contributed by atoms with Gasteiger partial charge in [0.2, 0.25) is 0 Å². The van der Waals surface area contributed by atoms with Crippen molar-refractivity contribution in [2.24, 2.45) is 0 Å². The van der Waals surface area contributed by atoms with Crippen molar-refractivity contribution in [2.45, 2.75) is 84.5 Å². The van der Waals surface area contributed by atoms with E-state index in [9.17, 15) is 4.79 Å². The Morgan fingerprint density at radius 3 is 1.87 bits per heavy atom. The standard InChI is InChI=1S/C12H24O2.C7H16N2/c1-2-3-4-5-6-7-8-9-10-11-12(13)14;1-2-5-9-6-3-8-4-7-9/h2-11H2,1H3,(H,13,14);8H,2-7H2,1H3. The van der Waals surface area contributed by atoms with Crippen LogP contribution in [0.15, 0.2) is 0 Å². The van der Waals surface area contributed by atoms with Crippen LogP contribution in [-0.4, -0.2) is 48.7 Å². The molecule has 1 aliphatic rings. The number of nitrogens with one attached hydrogen (secondary N) is 1. The molecule has 1 heterocycles. The molecule has 1 rings (SSSR count). The minimum absolute atomic E-state index is 0.343. The molecule has 4 heteroatoms. The first-order valence-corrected chi connectivity index (χ1v) is 9.85. The monoisotopic (exact) mass is 328 g/mol. The number of rotatable bonds is 12. The van der Waals surface area contributed by atoms with E-state index >= 15 is 0 Å². The van der Waals surface area contributed by atoms with E-state index in [1.54, 1.807) is 0 Å². The van der Waals surface area contributed by atoms with Crippen LogP contribution in [0.3, 0.4) is 0 Å². The second-order valence-corrected chi connectivity index (χ2v) is 6.56. The summed E-state index contributed by atoms with van der Waals surface area (Å²) in [6.45, 7) is 10.6. The van der Waals surface area contributed by atoms with Crippen LogP contribution in [0.2, 0.25) is 0 Å². The molecule has 0 unspecified atom stereocenters. The first-order chi connectivity index (χ1) is 11.2. The molecule has 0 spiro atoms. The summed E-state index contributed by atoms with van der Waals surface area (Å²) in [7, 11) is 0. The fourth-order valence-electron chi connectivity index (χ4n) is 2.84. The van der Waals surface area contributed by atoms with Gasteiger partial charge in [-0.25, -0.2) is 0 Å². The number of carboxylic acids is 1. The van der Waals surface area contributed by atoms with Crippen LogP contribution in [0.25, 0.3) is 0 Å². The van der Waals surface area contributed by atoms with Gasteiger partial charge in [0.05, 0.1) is 0 Å². The lowest BCUT2D eigenvalue weighted by Gasteiger charge is -2.26. The minimum Gasteiger partial charge on any atom is -0.481 e. The normalized spacial score (nSPS) is 15.0. The number of piperazine rings is 1. The molecule has 1 aliphatic heterocycles. The van der Waals surface area contributed by atoms with Crippen molar-refractivity contribution in [2.75, 3.05) is 32.7 Å². The molecule has 1 fully saturated rings. The van der Waals surface area contributed by atoms with Gasteiger partial charge in [-0.15, -0.1) is 0 Å². The molecule has 0 aromatic heterocycles. The summed E-state index contributed by atoms with van der Waals surface area (Å²) >= 11 is 0. The van der Waals surface area contributed by atoms with Crippen molar-refractivity contribution in [1.82, 2.24) is 10.2 Å². The van der Waals surface area contributed by atoms with Crippen LogP contribution in [0.4, 0.5) is 0 Å². The van der Waals surface area contributed by atoms with Crippen molar-refractivity contribution in [1.29, 1.82) is 0 Å². The molecule has 23 heavy (non-hydrogen) atoms. The quantitative estimate of drug-likeness (QED) is 0.525. The molecule has 0 amide bonds. The fourth-order valence-corrected chi connectivity index (χ4v) is 2.84. The summed E-state index contributed by atoms with van der Waals surface area (Å²) in [6, 6.07) is 0. The highest BCUT2D eigenvalue weighted by molar-refractivity contribution is 5.66. The third-order valence-electron chi connectivity index (χ3n) is 4.24. The third kappa shape index (κ3) is 17.6. The van der Waals surface area contributed by atoms with Crippen molar-refractivity contribution >= 4 is 5.97 Å². The predicted molar refractivity (Wildman–Crippen MR) is 99.1 cm³/mol. The Morgan fingerprint density at radius 2 is 1.39 bits per heavy atom. The number of nitrogens with zero attached hydrogens (tertiary/aromatic N) is 1. The van der Waals surface area contributed by atoms with Gasteiger partial charge >= 0.3 is 5.97 Å². The first-order valence-electron chi connectivity index (χ1n) is 9.85. The number of hydrogen-bond acceptors (Lipinski definition) is 3. The van der Waals surface area contributed by atoms with Gasteiger partial charge in [-0.2, -0.15) is 0 Å². The average molecular weight is 329 g/mol. The van der Waals surface area contributed by atoms with Gasteiger partial charge in [-0.3, -0.25) is 4.79 Å². The summed E-state index contributed by atoms with van der Waals surface area (Å²) < 4.78 is 0. The Hall–Kier alpha value is -0.610. The Balaban J connectivity index is 0.000000459. The van der Waals surface area contributed by atoms with Crippen LogP contribution in [-0.2, 0) is 4.79 Å². The minimum atomic E-state index is -0.659. The van der Waals surface area contributed by atoms with Gasteiger partial charge in [0.15, 0.2) is 0 Å². The van der Waals surface area contributed by atoms with Crippen LogP contribution >= 0.6 is 0 Å². The predicted octanol–water partition coefficient (Wildman–Crippen LogP) is 4.29. The number of carboxylic acid groups (broad SMARTS) is 1. The Morgan fingerprint density at radius 1 is 0.870 bits per heavy atom. The maximum absolute atomic E-state index is 10.2. The van der Waals surface area contributed by atoms with E-state index in [4.69, 9.17) is 5.11 Å². The molecule has 1 saturated heterocycles. The maximum Gasteiger partial charge on any atom is 0.303 e. The fraction of sp³-hybridized carbons (Fsp3) is 0.947. The van der Waals surface area contributed by atoms with Gasteiger partial charge < -0.3 is 15.3 Å². The van der Waals surface area contributed by atoms with E-state index in [1.165, 1.54) is 84.1 Å². The molecule has 0 bridgehead atoms. The molecular formula is C19H40N2O2. The van der Waals surface area contributed by atoms with Crippen LogP contribution in [0.5, 0.6) is 0 Å². The molecule has 0 aromatic rings. The van der Waals surface area contributed by atoms with Crippen LogP contribution in [0.1, 0.15) is 84.5 Å². The highest BCUT2D eigenvalue weighted by Gasteiger charge is 2.06. The molecule has 0 atom stereocenters. The Bertz CT molecular complexity index is 251. The molecule has 0 saturated carbocycles. The summed E-state index contributed by atoms with van der Waals surface area (Å²) in [5.74, 6) is -0.659. The highest BCUT2D eigenvalue weighted by atomic mass is 16.4. The summed E-state index contributed by atoms with van der Waals surface area (Å²) in [5, 5.41) is 11.7. The smallest absolute Gasteiger partial charge is 0.303 e. The SMILES string of the molecule is CCCCCCCCCCCC(=O)O.CCCN1CCNCC1. The topological polar surface area (TPSA) is 52.6 Å². The van der Waals surface area contributed by atoms with Gasteiger partial charge in [0, 0.05) is 32.6 Å². The third-order valence-corrected chi connectivity index (χ3v) is 4.24. The van der Waals surface area contributed by atoms with E-state index in [0.717, 1.165) is 12.8 Å². The van der Waals surface area contributed by atoms with Gasteiger partial charge in [-0.1, -0.05) is 65.2 Å². The molecule has 0 aliphatic carbocycles. The summed E-state index contributed by atoms with van der Waals surface area (Å²) in [4.78, 5) is 12.7. The van der Waals surface area contributed by atoms with E-state index < -0.39 is 5.97 Å². The lowest BCUT2D eigenvalue weighted by molar-refractivity contribution is -0.137. The second-order valence-electron chi connectivity index (χ2n) is 6.56. The van der Waals surface area contributed by atoms with E-state index in [-0.39, 0.29) is 0 Å². The van der Waals surface area contributed by atoms with Gasteiger partial charge in [0.25, 0.3) is 0 Å². The number of hydrogen-bond donors (Lipinski definition) is 2. The Labute approximate surface area is 144 Å². The lowest BCUT2D eigenvalue weighted by atomic mass is 10.1. The Kier molecular flexibility index (Phi) is 17.3. The van der Waals surface area contributed by atoms with Crippen molar-refractivity contribution in [3.05, 3.63) is 0 Å². The van der Waals surface area contributed by atoms with E-state index in [2.05, 4.69) is 24.1 Å². The maximum atomic E-state index is 10.2. The van der Waals surface area contributed by atoms with Crippen molar-refractivity contribution in [3.63, 3.8) is 0 Å². The molecule has 0 aromatic carbocycles. The molecule has 2 N–H and O–H groups in total. The van der Waals surface area contributed by atoms with Gasteiger partial charge in [-0.05, 0) is 19.4 Å². The molecule has 138 valence electrons. The number of carbonyl (C=O) groups is 1. The zero-order valence-corrected chi connectivity index (χ0v) is 15.6. The van der Waals surface area contributed by atoms with E-state index in [0.29, 0.717) is 6.42 Å². The highest BCUT2D eigenvalue weighted by Crippen LogP contribution is 2.10. The second kappa shape index (κ2) is 17.7. The summed E-state index contributed by atoms with van der Waals surface area (Å²) in [6.07, 6.45) is 12.8. The average Bonchev–Trinajstić information content (AvgIpc) is 2.55. The number of unbranched alkanes of at least 4 members (excludes halogenated alkanes) is 8.